The first-order valence-corrected chi connectivity index (χ1v) is 12.3. The second-order valence-electron chi connectivity index (χ2n) is 8.72. The lowest BCUT2D eigenvalue weighted by Gasteiger charge is -2.15. The minimum atomic E-state index is 0.596. The van der Waals surface area contributed by atoms with Crippen LogP contribution in [0, 0.1) is 20.8 Å². The summed E-state index contributed by atoms with van der Waals surface area (Å²) in [5.74, 6) is 3.77. The second-order valence-corrected chi connectivity index (χ2v) is 8.72. The zero-order valence-corrected chi connectivity index (χ0v) is 21.7. The highest BCUT2D eigenvalue weighted by Gasteiger charge is 2.21. The van der Waals surface area contributed by atoms with Crippen LogP contribution in [-0.2, 0) is 0 Å². The van der Waals surface area contributed by atoms with E-state index in [0.717, 1.165) is 62.2 Å². The highest BCUT2D eigenvalue weighted by atomic mass is 16.5. The van der Waals surface area contributed by atoms with Crippen molar-refractivity contribution in [1.82, 2.24) is 14.8 Å². The fourth-order valence-corrected chi connectivity index (χ4v) is 4.71. The molecule has 37 heavy (non-hydrogen) atoms. The van der Waals surface area contributed by atoms with Gasteiger partial charge in [0.2, 0.25) is 0 Å². The van der Waals surface area contributed by atoms with Crippen molar-refractivity contribution in [2.45, 2.75) is 27.7 Å². The van der Waals surface area contributed by atoms with E-state index in [9.17, 15) is 0 Å². The lowest BCUT2D eigenvalue weighted by atomic mass is 10.1. The molecule has 7 nitrogen and oxygen atoms in total. The molecule has 1 N–H and O–H groups in total. The molecule has 0 aliphatic rings. The van der Waals surface area contributed by atoms with Gasteiger partial charge in [-0.1, -0.05) is 18.2 Å². The summed E-state index contributed by atoms with van der Waals surface area (Å²) in [6, 6.07) is 23.4. The average molecular weight is 495 g/mol. The van der Waals surface area contributed by atoms with Crippen molar-refractivity contribution in [2.75, 3.05) is 19.0 Å². The molecule has 5 aromatic rings. The number of nitrogens with one attached hydrogen (secondary N) is 1. The summed E-state index contributed by atoms with van der Waals surface area (Å²) in [6.07, 6.45) is 0. The van der Waals surface area contributed by atoms with Crippen molar-refractivity contribution in [1.29, 1.82) is 0 Å². The van der Waals surface area contributed by atoms with Crippen LogP contribution < -0.4 is 19.5 Å². The molecule has 0 fully saturated rings. The maximum absolute atomic E-state index is 5.92. The second kappa shape index (κ2) is 10.2. The summed E-state index contributed by atoms with van der Waals surface area (Å²) in [7, 11) is 1.68. The van der Waals surface area contributed by atoms with Crippen molar-refractivity contribution < 1.29 is 14.2 Å². The predicted octanol–water partition coefficient (Wildman–Crippen LogP) is 7.29. The first-order valence-electron chi connectivity index (χ1n) is 12.3. The maximum Gasteiger partial charge on any atom is 0.162 e. The van der Waals surface area contributed by atoms with E-state index in [4.69, 9.17) is 14.2 Å². The van der Waals surface area contributed by atoms with E-state index in [2.05, 4.69) is 33.9 Å². The third-order valence-corrected chi connectivity index (χ3v) is 6.34. The van der Waals surface area contributed by atoms with Crippen molar-refractivity contribution >= 4 is 22.3 Å². The molecule has 0 unspecified atom stereocenters. The van der Waals surface area contributed by atoms with Crippen LogP contribution in [0.3, 0.4) is 0 Å². The summed E-state index contributed by atoms with van der Waals surface area (Å²) < 4.78 is 19.5. The number of fused-ring (bicyclic) bond motifs is 1. The third-order valence-electron chi connectivity index (χ3n) is 6.34. The number of anilines is 2. The van der Waals surface area contributed by atoms with E-state index in [1.807, 2.05) is 86.6 Å². The van der Waals surface area contributed by atoms with Gasteiger partial charge in [-0.2, -0.15) is 5.10 Å². The zero-order valence-electron chi connectivity index (χ0n) is 21.7. The van der Waals surface area contributed by atoms with E-state index in [1.54, 1.807) is 7.11 Å². The number of hydrogen-bond donors (Lipinski definition) is 1. The molecule has 0 bridgehead atoms. The summed E-state index contributed by atoms with van der Waals surface area (Å²) in [6.45, 7) is 8.74. The first kappa shape index (κ1) is 24.2. The number of aromatic nitrogens is 3. The van der Waals surface area contributed by atoms with Gasteiger partial charge in [0, 0.05) is 33.9 Å². The normalized spacial score (nSPS) is 10.9. The molecule has 5 rings (SSSR count). The molecule has 2 heterocycles. The lowest BCUT2D eigenvalue weighted by molar-refractivity contribution is 0.336. The number of aryl methyl sites for hydroxylation is 3. The van der Waals surface area contributed by atoms with Crippen molar-refractivity contribution in [2.24, 2.45) is 0 Å². The van der Waals surface area contributed by atoms with E-state index in [-0.39, 0.29) is 0 Å². The third kappa shape index (κ3) is 4.68. The SMILES string of the molecule is CCOc1ccc(-n2c(C)c3c(C)nnc(Nc4ccc(Oc5ccccc5)cc4)c3c2C)c(OC)c1. The van der Waals surface area contributed by atoms with Crippen LogP contribution >= 0.6 is 0 Å². The van der Waals surface area contributed by atoms with Crippen LogP contribution in [0.5, 0.6) is 23.0 Å². The van der Waals surface area contributed by atoms with E-state index in [0.29, 0.717) is 12.4 Å². The maximum atomic E-state index is 5.92. The number of para-hydroxylation sites is 1. The molecule has 0 aliphatic heterocycles. The van der Waals surface area contributed by atoms with Crippen LogP contribution in [-0.4, -0.2) is 28.5 Å². The smallest absolute Gasteiger partial charge is 0.162 e. The monoisotopic (exact) mass is 494 g/mol. The van der Waals surface area contributed by atoms with Gasteiger partial charge in [-0.15, -0.1) is 5.10 Å². The molecule has 0 aliphatic carbocycles. The van der Waals surface area contributed by atoms with Gasteiger partial charge in [0.25, 0.3) is 0 Å². The minimum Gasteiger partial charge on any atom is -0.494 e. The summed E-state index contributed by atoms with van der Waals surface area (Å²) >= 11 is 0. The molecule has 0 saturated carbocycles. The zero-order chi connectivity index (χ0) is 25.9. The van der Waals surface area contributed by atoms with Gasteiger partial charge in [-0.3, -0.25) is 0 Å². The topological polar surface area (TPSA) is 70.4 Å². The number of hydrogen-bond acceptors (Lipinski definition) is 6. The van der Waals surface area contributed by atoms with E-state index >= 15 is 0 Å². The number of benzene rings is 3. The minimum absolute atomic E-state index is 0.596. The molecular weight excluding hydrogens is 464 g/mol. The lowest BCUT2D eigenvalue weighted by Crippen LogP contribution is -2.03. The average Bonchev–Trinajstić information content (AvgIpc) is 3.18. The molecule has 188 valence electrons. The van der Waals surface area contributed by atoms with Crippen LogP contribution in [0.15, 0.2) is 72.8 Å². The van der Waals surface area contributed by atoms with Gasteiger partial charge in [0.05, 0.1) is 25.1 Å². The van der Waals surface area contributed by atoms with Crippen molar-refractivity contribution in [3.63, 3.8) is 0 Å². The van der Waals surface area contributed by atoms with Gasteiger partial charge in [-0.05, 0) is 76.2 Å². The van der Waals surface area contributed by atoms with E-state index in [1.165, 1.54) is 0 Å². The summed E-state index contributed by atoms with van der Waals surface area (Å²) in [5.41, 5.74) is 4.81. The molecule has 0 spiro atoms. The van der Waals surface area contributed by atoms with E-state index < -0.39 is 0 Å². The Morgan fingerprint density at radius 3 is 2.16 bits per heavy atom. The Morgan fingerprint density at radius 1 is 0.784 bits per heavy atom. The fraction of sp³-hybridized carbons (Fsp3) is 0.200. The Morgan fingerprint density at radius 2 is 1.46 bits per heavy atom. The predicted molar refractivity (Wildman–Crippen MR) is 147 cm³/mol. The molecule has 2 aromatic heterocycles. The van der Waals surface area contributed by atoms with Gasteiger partial charge in [-0.25, -0.2) is 0 Å². The van der Waals surface area contributed by atoms with Crippen molar-refractivity contribution in [3.8, 4) is 28.7 Å². The first-order chi connectivity index (χ1) is 18.0. The Bertz CT molecular complexity index is 1540. The Labute approximate surface area is 216 Å². The Hall–Kier alpha value is -4.52. The van der Waals surface area contributed by atoms with Crippen LogP contribution in [0.4, 0.5) is 11.5 Å². The summed E-state index contributed by atoms with van der Waals surface area (Å²) in [5, 5.41) is 14.5. The molecule has 0 saturated heterocycles. The molecule has 7 heteroatoms. The van der Waals surface area contributed by atoms with Gasteiger partial charge < -0.3 is 24.1 Å². The van der Waals surface area contributed by atoms with Crippen molar-refractivity contribution in [3.05, 3.63) is 89.9 Å². The number of rotatable bonds is 8. The number of nitrogens with zero attached hydrogens (tertiary/aromatic N) is 3. The van der Waals surface area contributed by atoms with Gasteiger partial charge in [0.15, 0.2) is 5.82 Å². The molecule has 3 aromatic carbocycles. The molecular formula is C30H30N4O3. The largest absolute Gasteiger partial charge is 0.494 e. The quantitative estimate of drug-likeness (QED) is 0.244. The summed E-state index contributed by atoms with van der Waals surface area (Å²) in [4.78, 5) is 0. The highest BCUT2D eigenvalue weighted by molar-refractivity contribution is 5.99. The van der Waals surface area contributed by atoms with Crippen LogP contribution in [0.2, 0.25) is 0 Å². The molecule has 0 amide bonds. The van der Waals surface area contributed by atoms with Crippen LogP contribution in [0.25, 0.3) is 16.5 Å². The Kier molecular flexibility index (Phi) is 6.68. The van der Waals surface area contributed by atoms with Gasteiger partial charge >= 0.3 is 0 Å². The standard InChI is InChI=1S/C30H30N4O3/c1-6-36-25-16-17-26(27(18-25)35-5)34-20(3)28-19(2)32-33-30(29(28)21(34)4)31-22-12-14-24(15-13-22)37-23-10-8-7-9-11-23/h7-18H,6H2,1-5H3,(H,31,33). The fourth-order valence-electron chi connectivity index (χ4n) is 4.71. The highest BCUT2D eigenvalue weighted by Crippen LogP contribution is 2.38. The van der Waals surface area contributed by atoms with Crippen LogP contribution in [0.1, 0.15) is 24.0 Å². The number of methoxy groups -OCH3 is 1. The Balaban J connectivity index is 1.52. The molecule has 0 radical (unpaired) electrons. The number of ether oxygens (including phenoxy) is 3. The molecule has 0 atom stereocenters. The van der Waals surface area contributed by atoms with Gasteiger partial charge in [0.1, 0.15) is 23.0 Å².